The van der Waals surface area contributed by atoms with Crippen molar-refractivity contribution in [3.8, 4) is 0 Å². The van der Waals surface area contributed by atoms with Crippen molar-refractivity contribution in [2.45, 2.75) is 37.0 Å². The van der Waals surface area contributed by atoms with Crippen molar-refractivity contribution in [1.29, 1.82) is 0 Å². The lowest BCUT2D eigenvalue weighted by molar-refractivity contribution is -0.125. The second kappa shape index (κ2) is 8.41. The molecule has 2 saturated heterocycles. The first kappa shape index (κ1) is 20.3. The fourth-order valence-electron chi connectivity index (χ4n) is 4.35. The molecule has 3 amide bonds. The molecule has 1 aliphatic carbocycles. The minimum absolute atomic E-state index is 0.0814. The smallest absolute Gasteiger partial charge is 0.324 e. The van der Waals surface area contributed by atoms with Crippen LogP contribution in [0.3, 0.4) is 0 Å². The molecular formula is C20H28N4O4S. The fourth-order valence-corrected chi connectivity index (χ4v) is 5.82. The van der Waals surface area contributed by atoms with E-state index >= 15 is 0 Å². The molecule has 3 aliphatic rings. The van der Waals surface area contributed by atoms with Gasteiger partial charge in [-0.3, -0.25) is 9.69 Å². The second-order valence-corrected chi connectivity index (χ2v) is 9.88. The van der Waals surface area contributed by atoms with Crippen molar-refractivity contribution in [3.05, 3.63) is 29.3 Å². The van der Waals surface area contributed by atoms with Crippen LogP contribution in [0.15, 0.2) is 23.1 Å². The number of urea groups is 1. The van der Waals surface area contributed by atoms with Gasteiger partial charge >= 0.3 is 6.03 Å². The highest BCUT2D eigenvalue weighted by molar-refractivity contribution is 7.89. The van der Waals surface area contributed by atoms with Gasteiger partial charge in [-0.15, -0.1) is 0 Å². The monoisotopic (exact) mass is 420 g/mol. The molecule has 9 heteroatoms. The summed E-state index contributed by atoms with van der Waals surface area (Å²) in [4.78, 5) is 27.0. The molecule has 2 heterocycles. The summed E-state index contributed by atoms with van der Waals surface area (Å²) in [5.41, 5.74) is 2.46. The Bertz CT molecular complexity index is 878. The van der Waals surface area contributed by atoms with Crippen LogP contribution >= 0.6 is 0 Å². The number of benzene rings is 1. The van der Waals surface area contributed by atoms with Crippen LogP contribution in [0.4, 0.5) is 4.79 Å². The highest BCUT2D eigenvalue weighted by Crippen LogP contribution is 2.26. The number of piperazine rings is 1. The van der Waals surface area contributed by atoms with Crippen LogP contribution in [-0.2, 0) is 27.7 Å². The Morgan fingerprint density at radius 2 is 1.66 bits per heavy atom. The summed E-state index contributed by atoms with van der Waals surface area (Å²) >= 11 is 0. The maximum Gasteiger partial charge on any atom is 0.324 e. The molecule has 0 saturated carbocycles. The lowest BCUT2D eigenvalue weighted by atomic mass is 9.92. The molecule has 2 aliphatic heterocycles. The van der Waals surface area contributed by atoms with E-state index in [0.29, 0.717) is 44.0 Å². The van der Waals surface area contributed by atoms with Gasteiger partial charge in [0.25, 0.3) is 0 Å². The Hall–Kier alpha value is -1.97. The van der Waals surface area contributed by atoms with Crippen molar-refractivity contribution in [1.82, 2.24) is 19.4 Å². The van der Waals surface area contributed by atoms with Crippen LogP contribution in [0.2, 0.25) is 0 Å². The van der Waals surface area contributed by atoms with Crippen molar-refractivity contribution < 1.29 is 18.0 Å². The summed E-state index contributed by atoms with van der Waals surface area (Å²) < 4.78 is 27.7. The van der Waals surface area contributed by atoms with E-state index in [1.807, 2.05) is 12.1 Å². The number of nitrogens with one attached hydrogen (secondary N) is 1. The van der Waals surface area contributed by atoms with Gasteiger partial charge in [-0.1, -0.05) is 6.07 Å². The number of hydrogen-bond acceptors (Lipinski definition) is 5. The minimum Gasteiger partial charge on any atom is -0.329 e. The standard InChI is InChI=1S/C20H28N4O4S/c25-19-15-21-20(26)24(19)9-3-8-22-10-12-23(13-11-22)29(27,28)18-7-6-16-4-1-2-5-17(16)14-18/h6-7,14H,1-5,8-13,15H2,(H,21,26). The number of nitrogens with zero attached hydrogens (tertiary/aromatic N) is 3. The van der Waals surface area contributed by atoms with E-state index in [4.69, 9.17) is 0 Å². The molecule has 1 aromatic rings. The van der Waals surface area contributed by atoms with Crippen molar-refractivity contribution in [2.24, 2.45) is 0 Å². The Kier molecular flexibility index (Phi) is 5.89. The summed E-state index contributed by atoms with van der Waals surface area (Å²) in [6.07, 6.45) is 5.00. The van der Waals surface area contributed by atoms with Crippen molar-refractivity contribution in [3.63, 3.8) is 0 Å². The average molecular weight is 421 g/mol. The zero-order valence-electron chi connectivity index (χ0n) is 16.6. The summed E-state index contributed by atoms with van der Waals surface area (Å²) in [6.45, 7) is 3.46. The van der Waals surface area contributed by atoms with Crippen molar-refractivity contribution >= 4 is 22.0 Å². The van der Waals surface area contributed by atoms with E-state index in [2.05, 4.69) is 10.2 Å². The first-order valence-electron chi connectivity index (χ1n) is 10.4. The van der Waals surface area contributed by atoms with E-state index in [-0.39, 0.29) is 18.5 Å². The summed E-state index contributed by atoms with van der Waals surface area (Å²) in [5.74, 6) is -0.184. The molecule has 4 rings (SSSR count). The number of carbonyl (C=O) groups is 2. The highest BCUT2D eigenvalue weighted by Gasteiger charge is 2.30. The number of amides is 3. The summed E-state index contributed by atoms with van der Waals surface area (Å²) in [5, 5.41) is 2.52. The number of hydrogen-bond donors (Lipinski definition) is 1. The zero-order chi connectivity index (χ0) is 20.4. The molecule has 2 fully saturated rings. The molecule has 0 spiro atoms. The maximum absolute atomic E-state index is 13.1. The van der Waals surface area contributed by atoms with Crippen LogP contribution < -0.4 is 5.32 Å². The zero-order valence-corrected chi connectivity index (χ0v) is 17.4. The van der Waals surface area contributed by atoms with Gasteiger partial charge in [-0.2, -0.15) is 4.31 Å². The van der Waals surface area contributed by atoms with Gasteiger partial charge in [-0.05, 0) is 61.9 Å². The molecule has 0 aromatic heterocycles. The van der Waals surface area contributed by atoms with Crippen LogP contribution in [0, 0.1) is 0 Å². The lowest BCUT2D eigenvalue weighted by Crippen LogP contribution is -2.49. The summed E-state index contributed by atoms with van der Waals surface area (Å²) in [7, 11) is -3.47. The molecule has 158 valence electrons. The molecule has 0 atom stereocenters. The van der Waals surface area contributed by atoms with Crippen LogP contribution in [0.25, 0.3) is 0 Å². The Balaban J connectivity index is 1.29. The third-order valence-electron chi connectivity index (χ3n) is 6.08. The number of rotatable bonds is 6. The normalized spacial score (nSPS) is 21.3. The van der Waals surface area contributed by atoms with Gasteiger partial charge in [0, 0.05) is 32.7 Å². The number of sulfonamides is 1. The number of fused-ring (bicyclic) bond motifs is 1. The van der Waals surface area contributed by atoms with Gasteiger partial charge in [0.15, 0.2) is 0 Å². The first-order chi connectivity index (χ1) is 13.9. The minimum atomic E-state index is -3.47. The van der Waals surface area contributed by atoms with E-state index < -0.39 is 10.0 Å². The third kappa shape index (κ3) is 4.31. The van der Waals surface area contributed by atoms with Crippen LogP contribution in [0.5, 0.6) is 0 Å². The second-order valence-electron chi connectivity index (χ2n) is 7.94. The van der Waals surface area contributed by atoms with Gasteiger partial charge in [0.2, 0.25) is 15.9 Å². The molecule has 0 unspecified atom stereocenters. The fraction of sp³-hybridized carbons (Fsp3) is 0.600. The molecule has 29 heavy (non-hydrogen) atoms. The van der Waals surface area contributed by atoms with Gasteiger partial charge in [0.05, 0.1) is 11.4 Å². The van der Waals surface area contributed by atoms with Gasteiger partial charge in [0.1, 0.15) is 0 Å². The lowest BCUT2D eigenvalue weighted by Gasteiger charge is -2.34. The van der Waals surface area contributed by atoms with E-state index in [9.17, 15) is 18.0 Å². The largest absolute Gasteiger partial charge is 0.329 e. The Morgan fingerprint density at radius 1 is 0.931 bits per heavy atom. The van der Waals surface area contributed by atoms with Gasteiger partial charge < -0.3 is 10.2 Å². The predicted molar refractivity (Wildman–Crippen MR) is 108 cm³/mol. The maximum atomic E-state index is 13.1. The predicted octanol–water partition coefficient (Wildman–Crippen LogP) is 0.814. The average Bonchev–Trinajstić information content (AvgIpc) is 3.06. The highest BCUT2D eigenvalue weighted by atomic mass is 32.2. The molecule has 0 radical (unpaired) electrons. The van der Waals surface area contributed by atoms with E-state index in [1.165, 1.54) is 22.4 Å². The third-order valence-corrected chi connectivity index (χ3v) is 7.98. The van der Waals surface area contributed by atoms with Crippen LogP contribution in [-0.4, -0.2) is 80.3 Å². The number of carbonyl (C=O) groups excluding carboxylic acids is 2. The molecule has 0 bridgehead atoms. The van der Waals surface area contributed by atoms with E-state index in [0.717, 1.165) is 25.8 Å². The quantitative estimate of drug-likeness (QED) is 0.688. The van der Waals surface area contributed by atoms with Crippen molar-refractivity contribution in [2.75, 3.05) is 45.8 Å². The van der Waals surface area contributed by atoms with Crippen LogP contribution in [0.1, 0.15) is 30.4 Å². The molecule has 8 nitrogen and oxygen atoms in total. The Morgan fingerprint density at radius 3 is 2.34 bits per heavy atom. The molecule has 1 N–H and O–H groups in total. The first-order valence-corrected chi connectivity index (χ1v) is 11.8. The number of aryl methyl sites for hydroxylation is 2. The topological polar surface area (TPSA) is 90.0 Å². The number of imide groups is 1. The SMILES string of the molecule is O=C1CNC(=O)N1CCCN1CCN(S(=O)(=O)c2ccc3c(c2)CCCC3)CC1. The van der Waals surface area contributed by atoms with Gasteiger partial charge in [-0.25, -0.2) is 13.2 Å². The molecular weight excluding hydrogens is 392 g/mol. The molecule has 1 aromatic carbocycles. The van der Waals surface area contributed by atoms with E-state index in [1.54, 1.807) is 10.4 Å². The summed E-state index contributed by atoms with van der Waals surface area (Å²) in [6, 6.07) is 5.28. The Labute approximate surface area is 171 Å².